The molecule has 5 heteroatoms. The Kier molecular flexibility index (Phi) is 4.98. The zero-order chi connectivity index (χ0) is 14.5. The Balaban J connectivity index is 2.16. The Bertz CT molecular complexity index is 464. The van der Waals surface area contributed by atoms with Crippen molar-refractivity contribution >= 4 is 5.91 Å². The van der Waals surface area contributed by atoms with Gasteiger partial charge >= 0.3 is 0 Å². The molecular weight excluding hydrogens is 256 g/mol. The van der Waals surface area contributed by atoms with Gasteiger partial charge in [-0.1, -0.05) is 12.1 Å². The number of benzene rings is 1. The van der Waals surface area contributed by atoms with Gasteiger partial charge in [0.05, 0.1) is 19.8 Å². The summed E-state index contributed by atoms with van der Waals surface area (Å²) in [6, 6.07) is 7.61. The molecule has 0 radical (unpaired) electrons. The SMILES string of the molecule is CCOCCN1C(=O)C(C)NC1c1cccc(OC)c1. The van der Waals surface area contributed by atoms with Crippen LogP contribution in [0.2, 0.25) is 0 Å². The Morgan fingerprint density at radius 2 is 2.20 bits per heavy atom. The molecule has 1 aromatic rings. The second-order valence-corrected chi connectivity index (χ2v) is 4.80. The van der Waals surface area contributed by atoms with Crippen LogP contribution >= 0.6 is 0 Å². The van der Waals surface area contributed by atoms with E-state index in [9.17, 15) is 4.79 Å². The topological polar surface area (TPSA) is 50.8 Å². The van der Waals surface area contributed by atoms with Crippen LogP contribution in [-0.2, 0) is 9.53 Å². The van der Waals surface area contributed by atoms with Gasteiger partial charge in [-0.3, -0.25) is 10.1 Å². The number of amides is 1. The van der Waals surface area contributed by atoms with E-state index in [1.807, 2.05) is 43.0 Å². The molecule has 1 fully saturated rings. The Labute approximate surface area is 119 Å². The molecule has 0 aromatic heterocycles. The zero-order valence-corrected chi connectivity index (χ0v) is 12.3. The number of nitrogens with zero attached hydrogens (tertiary/aromatic N) is 1. The third kappa shape index (κ3) is 3.11. The van der Waals surface area contributed by atoms with E-state index in [4.69, 9.17) is 9.47 Å². The minimum atomic E-state index is -0.173. The summed E-state index contributed by atoms with van der Waals surface area (Å²) in [5.41, 5.74) is 1.03. The molecule has 2 atom stereocenters. The lowest BCUT2D eigenvalue weighted by molar-refractivity contribution is -0.130. The number of carbonyl (C=O) groups is 1. The van der Waals surface area contributed by atoms with E-state index in [0.29, 0.717) is 19.8 Å². The normalized spacial score (nSPS) is 22.4. The molecule has 110 valence electrons. The Morgan fingerprint density at radius 1 is 1.40 bits per heavy atom. The second-order valence-electron chi connectivity index (χ2n) is 4.80. The van der Waals surface area contributed by atoms with Crippen molar-refractivity contribution in [3.05, 3.63) is 29.8 Å². The molecule has 20 heavy (non-hydrogen) atoms. The van der Waals surface area contributed by atoms with Crippen molar-refractivity contribution in [1.29, 1.82) is 0 Å². The average molecular weight is 278 g/mol. The Hall–Kier alpha value is -1.59. The van der Waals surface area contributed by atoms with Gasteiger partial charge in [0.1, 0.15) is 11.9 Å². The molecule has 1 aliphatic rings. The van der Waals surface area contributed by atoms with E-state index in [1.165, 1.54) is 0 Å². The molecular formula is C15H22N2O3. The molecule has 1 saturated heterocycles. The number of hydrogen-bond acceptors (Lipinski definition) is 4. The maximum absolute atomic E-state index is 12.2. The molecule has 2 unspecified atom stereocenters. The smallest absolute Gasteiger partial charge is 0.241 e. The van der Waals surface area contributed by atoms with Crippen molar-refractivity contribution in [3.8, 4) is 5.75 Å². The maximum atomic E-state index is 12.2. The minimum absolute atomic E-state index is 0.109. The van der Waals surface area contributed by atoms with Gasteiger partial charge in [0.15, 0.2) is 0 Å². The molecule has 0 spiro atoms. The predicted octanol–water partition coefficient (Wildman–Crippen LogP) is 1.55. The van der Waals surface area contributed by atoms with Gasteiger partial charge in [0, 0.05) is 13.2 Å². The molecule has 0 bridgehead atoms. The molecule has 0 saturated carbocycles. The monoisotopic (exact) mass is 278 g/mol. The highest BCUT2D eigenvalue weighted by atomic mass is 16.5. The van der Waals surface area contributed by atoms with Crippen LogP contribution in [0.25, 0.3) is 0 Å². The van der Waals surface area contributed by atoms with Crippen molar-refractivity contribution in [1.82, 2.24) is 10.2 Å². The number of carbonyl (C=O) groups excluding carboxylic acids is 1. The quantitative estimate of drug-likeness (QED) is 0.802. The van der Waals surface area contributed by atoms with Crippen molar-refractivity contribution in [3.63, 3.8) is 0 Å². The summed E-state index contributed by atoms with van der Waals surface area (Å²) in [5.74, 6) is 0.901. The van der Waals surface area contributed by atoms with E-state index < -0.39 is 0 Å². The predicted molar refractivity (Wildman–Crippen MR) is 76.5 cm³/mol. The van der Waals surface area contributed by atoms with Gasteiger partial charge in [0.2, 0.25) is 5.91 Å². The molecule has 1 amide bonds. The summed E-state index contributed by atoms with van der Waals surface area (Å²) in [7, 11) is 1.64. The number of ether oxygens (including phenoxy) is 2. The van der Waals surface area contributed by atoms with Crippen LogP contribution in [0.1, 0.15) is 25.6 Å². The molecule has 1 aliphatic heterocycles. The van der Waals surface area contributed by atoms with Crippen LogP contribution in [0.3, 0.4) is 0 Å². The van der Waals surface area contributed by atoms with E-state index >= 15 is 0 Å². The van der Waals surface area contributed by atoms with Crippen LogP contribution < -0.4 is 10.1 Å². The highest BCUT2D eigenvalue weighted by molar-refractivity contribution is 5.84. The van der Waals surface area contributed by atoms with Crippen molar-refractivity contribution in [2.24, 2.45) is 0 Å². The molecule has 0 aliphatic carbocycles. The average Bonchev–Trinajstić information content (AvgIpc) is 2.76. The maximum Gasteiger partial charge on any atom is 0.241 e. The van der Waals surface area contributed by atoms with Gasteiger partial charge in [-0.2, -0.15) is 0 Å². The van der Waals surface area contributed by atoms with E-state index in [1.54, 1.807) is 7.11 Å². The highest BCUT2D eigenvalue weighted by Gasteiger charge is 2.36. The summed E-state index contributed by atoms with van der Waals surface area (Å²) < 4.78 is 10.6. The van der Waals surface area contributed by atoms with Crippen molar-refractivity contribution < 1.29 is 14.3 Å². The highest BCUT2D eigenvalue weighted by Crippen LogP contribution is 2.27. The third-order valence-electron chi connectivity index (χ3n) is 3.46. The van der Waals surface area contributed by atoms with Crippen LogP contribution in [-0.4, -0.2) is 43.7 Å². The number of hydrogen-bond donors (Lipinski definition) is 1. The fourth-order valence-corrected chi connectivity index (χ4v) is 2.41. The van der Waals surface area contributed by atoms with Gasteiger partial charge in [-0.05, 0) is 31.5 Å². The number of nitrogens with one attached hydrogen (secondary N) is 1. The first-order chi connectivity index (χ1) is 9.67. The standard InChI is InChI=1S/C15H22N2O3/c1-4-20-9-8-17-14(16-11(2)15(17)18)12-6-5-7-13(10-12)19-3/h5-7,10-11,14,16H,4,8-9H2,1-3H3. The molecule has 1 aromatic carbocycles. The molecule has 2 rings (SSSR count). The lowest BCUT2D eigenvalue weighted by atomic mass is 10.1. The van der Waals surface area contributed by atoms with Gasteiger partial charge in [-0.25, -0.2) is 0 Å². The van der Waals surface area contributed by atoms with Crippen LogP contribution in [0.5, 0.6) is 5.75 Å². The fraction of sp³-hybridized carbons (Fsp3) is 0.533. The van der Waals surface area contributed by atoms with Crippen molar-refractivity contribution in [2.75, 3.05) is 26.9 Å². The second kappa shape index (κ2) is 6.72. The molecule has 1 N–H and O–H groups in total. The summed E-state index contributed by atoms with van der Waals surface area (Å²) in [6.45, 7) is 5.64. The molecule has 5 nitrogen and oxygen atoms in total. The van der Waals surface area contributed by atoms with Gasteiger partial charge in [-0.15, -0.1) is 0 Å². The first-order valence-corrected chi connectivity index (χ1v) is 6.95. The summed E-state index contributed by atoms with van der Waals surface area (Å²) in [5, 5.41) is 3.31. The summed E-state index contributed by atoms with van der Waals surface area (Å²) >= 11 is 0. The first kappa shape index (κ1) is 14.8. The van der Waals surface area contributed by atoms with Crippen LogP contribution in [0.15, 0.2) is 24.3 Å². The Morgan fingerprint density at radius 3 is 2.90 bits per heavy atom. The van der Waals surface area contributed by atoms with Gasteiger partial charge < -0.3 is 14.4 Å². The zero-order valence-electron chi connectivity index (χ0n) is 12.3. The largest absolute Gasteiger partial charge is 0.497 e. The van der Waals surface area contributed by atoms with E-state index in [2.05, 4.69) is 5.32 Å². The minimum Gasteiger partial charge on any atom is -0.497 e. The van der Waals surface area contributed by atoms with Crippen LogP contribution in [0, 0.1) is 0 Å². The number of methoxy groups -OCH3 is 1. The van der Waals surface area contributed by atoms with E-state index in [0.717, 1.165) is 11.3 Å². The number of rotatable bonds is 6. The van der Waals surface area contributed by atoms with Crippen molar-refractivity contribution in [2.45, 2.75) is 26.1 Å². The lowest BCUT2D eigenvalue weighted by Gasteiger charge is -2.24. The van der Waals surface area contributed by atoms with Gasteiger partial charge in [0.25, 0.3) is 0 Å². The summed E-state index contributed by atoms with van der Waals surface area (Å²) in [6.07, 6.45) is -0.118. The lowest BCUT2D eigenvalue weighted by Crippen LogP contribution is -2.33. The molecule has 1 heterocycles. The summed E-state index contributed by atoms with van der Waals surface area (Å²) in [4.78, 5) is 14.0. The van der Waals surface area contributed by atoms with E-state index in [-0.39, 0.29) is 18.1 Å². The van der Waals surface area contributed by atoms with Crippen LogP contribution in [0.4, 0.5) is 0 Å². The first-order valence-electron chi connectivity index (χ1n) is 6.95. The fourth-order valence-electron chi connectivity index (χ4n) is 2.41. The third-order valence-corrected chi connectivity index (χ3v) is 3.46.